The molecule has 12 rings (SSSR count). The molecule has 0 radical (unpaired) electrons. The molecule has 2 aromatic heterocycles. The number of hydrogen-bond acceptors (Lipinski definition) is 4. The fourth-order valence-electron chi connectivity index (χ4n) is 8.97. The maximum absolute atomic E-state index is 5.29. The predicted molar refractivity (Wildman–Crippen MR) is 247 cm³/mol. The molecule has 5 nitrogen and oxygen atoms in total. The molecule has 0 N–H and O–H groups in total. The van der Waals surface area contributed by atoms with Crippen molar-refractivity contribution in [2.45, 2.75) is 0 Å². The van der Waals surface area contributed by atoms with Crippen LogP contribution in [0.3, 0.4) is 0 Å². The summed E-state index contributed by atoms with van der Waals surface area (Å²) in [7, 11) is 0. The van der Waals surface area contributed by atoms with Gasteiger partial charge < -0.3 is 4.57 Å². The lowest BCUT2D eigenvalue weighted by atomic mass is 9.90. The first kappa shape index (κ1) is 33.9. The molecule has 11 aromatic rings. The summed E-state index contributed by atoms with van der Waals surface area (Å²) in [6.45, 7) is 0. The third-order valence-corrected chi connectivity index (χ3v) is 11.7. The van der Waals surface area contributed by atoms with Gasteiger partial charge in [0.25, 0.3) is 0 Å². The van der Waals surface area contributed by atoms with Gasteiger partial charge in [-0.1, -0.05) is 164 Å². The van der Waals surface area contributed by atoms with Gasteiger partial charge in [-0.2, -0.15) is 9.97 Å². The van der Waals surface area contributed by atoms with Gasteiger partial charge in [-0.05, 0) is 81.7 Å². The molecule has 0 saturated carbocycles. The number of nitrogens with zero attached hydrogens (tertiary/aromatic N) is 5. The molecule has 0 amide bonds. The summed E-state index contributed by atoms with van der Waals surface area (Å²) in [6.07, 6.45) is 0. The number of rotatable bonds is 6. The molecule has 9 aromatic carbocycles. The Labute approximate surface area is 347 Å². The van der Waals surface area contributed by atoms with Crippen molar-refractivity contribution in [1.29, 1.82) is 0 Å². The van der Waals surface area contributed by atoms with Crippen LogP contribution in [0.4, 0.5) is 17.3 Å². The van der Waals surface area contributed by atoms with Crippen LogP contribution < -0.4 is 4.90 Å². The van der Waals surface area contributed by atoms with Crippen molar-refractivity contribution in [3.8, 4) is 61.8 Å². The van der Waals surface area contributed by atoms with Crippen molar-refractivity contribution >= 4 is 49.9 Å². The highest BCUT2D eigenvalue weighted by Gasteiger charge is 2.30. The fourth-order valence-corrected chi connectivity index (χ4v) is 8.97. The third-order valence-electron chi connectivity index (χ3n) is 11.7. The molecule has 0 spiro atoms. The minimum Gasteiger partial charge on any atom is -0.309 e. The van der Waals surface area contributed by atoms with Crippen LogP contribution in [0.15, 0.2) is 212 Å². The molecule has 0 bridgehead atoms. The van der Waals surface area contributed by atoms with E-state index in [0.717, 1.165) is 50.2 Å². The van der Waals surface area contributed by atoms with Crippen molar-refractivity contribution in [3.05, 3.63) is 212 Å². The second kappa shape index (κ2) is 13.8. The molecular weight excluding hydrogens is 731 g/mol. The molecule has 0 unspecified atom stereocenters. The van der Waals surface area contributed by atoms with E-state index in [-0.39, 0.29) is 0 Å². The molecule has 5 heteroatoms. The lowest BCUT2D eigenvalue weighted by molar-refractivity contribution is 1.02. The number of anilines is 3. The van der Waals surface area contributed by atoms with Gasteiger partial charge in [-0.3, -0.25) is 4.90 Å². The molecule has 0 fully saturated rings. The molecule has 1 aliphatic rings. The first-order chi connectivity index (χ1) is 29.7. The van der Waals surface area contributed by atoms with E-state index in [1.54, 1.807) is 0 Å². The lowest BCUT2D eigenvalue weighted by Gasteiger charge is -2.32. The number of hydrogen-bond donors (Lipinski definition) is 0. The van der Waals surface area contributed by atoms with Crippen LogP contribution in [0.5, 0.6) is 0 Å². The summed E-state index contributed by atoms with van der Waals surface area (Å²) in [5.41, 5.74) is 14.3. The van der Waals surface area contributed by atoms with Crippen LogP contribution >= 0.6 is 0 Å². The van der Waals surface area contributed by atoms with Crippen molar-refractivity contribution < 1.29 is 0 Å². The van der Waals surface area contributed by atoms with Gasteiger partial charge in [0.15, 0.2) is 11.6 Å². The summed E-state index contributed by atoms with van der Waals surface area (Å²) in [6, 6.07) is 75.3. The zero-order valence-electron chi connectivity index (χ0n) is 32.4. The lowest BCUT2D eigenvalue weighted by Crippen LogP contribution is -2.19. The second-order valence-corrected chi connectivity index (χ2v) is 15.3. The Bertz CT molecular complexity index is 3350. The Morgan fingerprint density at radius 3 is 1.57 bits per heavy atom. The largest absolute Gasteiger partial charge is 0.309 e. The minimum atomic E-state index is 0.563. The number of fused-ring (bicyclic) bond motifs is 5. The van der Waals surface area contributed by atoms with E-state index in [9.17, 15) is 0 Å². The van der Waals surface area contributed by atoms with Gasteiger partial charge >= 0.3 is 0 Å². The molecule has 3 heterocycles. The Kier molecular flexibility index (Phi) is 7.78. The van der Waals surface area contributed by atoms with Crippen LogP contribution in [0.25, 0.3) is 94.4 Å². The highest BCUT2D eigenvalue weighted by molar-refractivity contribution is 6.19. The van der Waals surface area contributed by atoms with Crippen LogP contribution in [0.2, 0.25) is 0 Å². The van der Waals surface area contributed by atoms with E-state index in [4.69, 9.17) is 15.0 Å². The SMILES string of the molecule is c1ccc(-c2cccc(-c3ccc4c(c3)c3cc5c(cc3n4-c3ccccc3)N(c3nc(-c4ccccc4)nc(-c4ccccc4)n3)c3cccc4cccc-5c34)c2)cc1. The quantitative estimate of drug-likeness (QED) is 0.169. The van der Waals surface area contributed by atoms with E-state index in [1.807, 2.05) is 36.4 Å². The summed E-state index contributed by atoms with van der Waals surface area (Å²) in [4.78, 5) is 17.9. The molecule has 1 aliphatic heterocycles. The van der Waals surface area contributed by atoms with Gasteiger partial charge in [-0.15, -0.1) is 0 Å². The predicted octanol–water partition coefficient (Wildman–Crippen LogP) is 14.2. The van der Waals surface area contributed by atoms with E-state index in [2.05, 4.69) is 185 Å². The summed E-state index contributed by atoms with van der Waals surface area (Å²) >= 11 is 0. The van der Waals surface area contributed by atoms with Gasteiger partial charge in [0.05, 0.1) is 22.4 Å². The summed E-state index contributed by atoms with van der Waals surface area (Å²) < 4.78 is 2.40. The van der Waals surface area contributed by atoms with Crippen molar-refractivity contribution in [2.24, 2.45) is 0 Å². The van der Waals surface area contributed by atoms with Crippen LogP contribution in [-0.4, -0.2) is 19.5 Å². The number of aromatic nitrogens is 4. The average Bonchev–Trinajstić information content (AvgIpc) is 3.64. The highest BCUT2D eigenvalue weighted by Crippen LogP contribution is 2.52. The Balaban J connectivity index is 1.14. The van der Waals surface area contributed by atoms with E-state index < -0.39 is 0 Å². The van der Waals surface area contributed by atoms with Crippen molar-refractivity contribution in [1.82, 2.24) is 19.5 Å². The van der Waals surface area contributed by atoms with Gasteiger partial charge in [0, 0.05) is 38.5 Å². The normalized spacial score (nSPS) is 12.0. The van der Waals surface area contributed by atoms with Crippen molar-refractivity contribution in [2.75, 3.05) is 4.90 Å². The van der Waals surface area contributed by atoms with Gasteiger partial charge in [-0.25, -0.2) is 4.98 Å². The zero-order valence-corrected chi connectivity index (χ0v) is 32.4. The first-order valence-corrected chi connectivity index (χ1v) is 20.3. The van der Waals surface area contributed by atoms with Crippen LogP contribution in [0, 0.1) is 0 Å². The summed E-state index contributed by atoms with van der Waals surface area (Å²) in [5.74, 6) is 1.80. The fraction of sp³-hybridized carbons (Fsp3) is 0. The third kappa shape index (κ3) is 5.52. The van der Waals surface area contributed by atoms with E-state index in [0.29, 0.717) is 17.6 Å². The zero-order chi connectivity index (χ0) is 39.6. The maximum atomic E-state index is 5.29. The molecule has 60 heavy (non-hydrogen) atoms. The van der Waals surface area contributed by atoms with Crippen LogP contribution in [0.1, 0.15) is 0 Å². The maximum Gasteiger partial charge on any atom is 0.238 e. The number of benzene rings is 9. The smallest absolute Gasteiger partial charge is 0.238 e. The Morgan fingerprint density at radius 2 is 0.883 bits per heavy atom. The monoisotopic (exact) mass is 765 g/mol. The first-order valence-electron chi connectivity index (χ1n) is 20.3. The molecule has 0 atom stereocenters. The van der Waals surface area contributed by atoms with Gasteiger partial charge in [0.1, 0.15) is 0 Å². The van der Waals surface area contributed by atoms with Gasteiger partial charge in [0.2, 0.25) is 5.95 Å². The van der Waals surface area contributed by atoms with E-state index in [1.165, 1.54) is 44.0 Å². The molecule has 280 valence electrons. The summed E-state index contributed by atoms with van der Waals surface area (Å²) in [5, 5.41) is 4.69. The Morgan fingerprint density at radius 1 is 0.333 bits per heavy atom. The molecule has 0 saturated heterocycles. The van der Waals surface area contributed by atoms with E-state index >= 15 is 0 Å². The standard InChI is InChI=1S/C55H35N5/c1-5-16-36(17-6-1)40-24-13-25-41(32-40)42-30-31-48-45(33-42)47-34-46-44-28-14-22-37-23-15-29-49(52(37)44)60(51(46)35-50(47)59(48)43-26-11-4-12-27-43)55-57-53(38-18-7-2-8-19-38)56-54(58-55)39-20-9-3-10-21-39/h1-35H. The second-order valence-electron chi connectivity index (χ2n) is 15.3. The van der Waals surface area contributed by atoms with Crippen molar-refractivity contribution in [3.63, 3.8) is 0 Å². The van der Waals surface area contributed by atoms with Crippen LogP contribution in [-0.2, 0) is 0 Å². The number of para-hydroxylation sites is 1. The molecule has 0 aliphatic carbocycles. The molecular formula is C55H35N5. The topological polar surface area (TPSA) is 46.8 Å². The Hall–Kier alpha value is -8.15. The minimum absolute atomic E-state index is 0.563. The average molecular weight is 766 g/mol. The highest BCUT2D eigenvalue weighted by atomic mass is 15.3.